The van der Waals surface area contributed by atoms with E-state index in [0.717, 1.165) is 16.7 Å². The zero-order valence-corrected chi connectivity index (χ0v) is 16.0. The van der Waals surface area contributed by atoms with Crippen molar-refractivity contribution in [3.05, 3.63) is 72.1 Å². The molecule has 0 fully saturated rings. The number of ether oxygens (including phenoxy) is 2. The average Bonchev–Trinajstić information content (AvgIpc) is 3.13. The summed E-state index contributed by atoms with van der Waals surface area (Å²) in [5, 5.41) is 4.47. The molecule has 2 N–H and O–H groups in total. The van der Waals surface area contributed by atoms with Crippen LogP contribution in [0.25, 0.3) is 11.1 Å². The standard InChI is InChI=1S/C22H23N3O3/c1-22(2)14-27-19-10-16(8-9-18(19)20(22)28-21(23)26)17-11-24-25(13-17)12-15-6-4-3-5-7-15/h3-11,13,20H,12,14H2,1-2H3,(H2,23,26). The van der Waals surface area contributed by atoms with Crippen molar-refractivity contribution >= 4 is 6.09 Å². The molecule has 0 aliphatic carbocycles. The van der Waals surface area contributed by atoms with Crippen LogP contribution in [0.3, 0.4) is 0 Å². The van der Waals surface area contributed by atoms with E-state index < -0.39 is 12.2 Å². The van der Waals surface area contributed by atoms with Crippen LogP contribution < -0.4 is 10.5 Å². The van der Waals surface area contributed by atoms with Crippen LogP contribution in [-0.4, -0.2) is 22.5 Å². The molecule has 1 aromatic heterocycles. The number of amides is 1. The zero-order chi connectivity index (χ0) is 19.7. The molecule has 144 valence electrons. The van der Waals surface area contributed by atoms with E-state index in [1.54, 1.807) is 0 Å². The molecule has 0 radical (unpaired) electrons. The SMILES string of the molecule is CC1(C)COc2cc(-c3cnn(Cc4ccccc4)c3)ccc2C1OC(N)=O. The summed E-state index contributed by atoms with van der Waals surface area (Å²) in [4.78, 5) is 11.4. The maximum atomic E-state index is 11.4. The number of rotatable bonds is 4. The van der Waals surface area contributed by atoms with Gasteiger partial charge in [0.2, 0.25) is 0 Å². The van der Waals surface area contributed by atoms with Gasteiger partial charge in [-0.05, 0) is 17.2 Å². The van der Waals surface area contributed by atoms with E-state index >= 15 is 0 Å². The van der Waals surface area contributed by atoms with Gasteiger partial charge in [0.15, 0.2) is 0 Å². The Morgan fingerprint density at radius 2 is 2.04 bits per heavy atom. The second-order valence-electron chi connectivity index (χ2n) is 7.76. The normalized spacial score (nSPS) is 17.4. The smallest absolute Gasteiger partial charge is 0.405 e. The number of hydrogen-bond donors (Lipinski definition) is 1. The first-order valence-corrected chi connectivity index (χ1v) is 9.22. The first kappa shape index (κ1) is 18.1. The fourth-order valence-electron chi connectivity index (χ4n) is 3.52. The molecule has 2 aromatic carbocycles. The molecule has 6 nitrogen and oxygen atoms in total. The minimum Gasteiger partial charge on any atom is -0.492 e. The van der Waals surface area contributed by atoms with Crippen molar-refractivity contribution in [1.82, 2.24) is 9.78 Å². The largest absolute Gasteiger partial charge is 0.492 e. The van der Waals surface area contributed by atoms with E-state index in [2.05, 4.69) is 17.2 Å². The van der Waals surface area contributed by atoms with Gasteiger partial charge in [-0.25, -0.2) is 4.79 Å². The third kappa shape index (κ3) is 3.58. The van der Waals surface area contributed by atoms with E-state index in [4.69, 9.17) is 15.2 Å². The molecule has 3 aromatic rings. The van der Waals surface area contributed by atoms with Gasteiger partial charge in [0.05, 0.1) is 19.3 Å². The Balaban J connectivity index is 1.60. The topological polar surface area (TPSA) is 79.4 Å². The van der Waals surface area contributed by atoms with Gasteiger partial charge in [-0.1, -0.05) is 56.3 Å². The summed E-state index contributed by atoms with van der Waals surface area (Å²) < 4.78 is 13.3. The van der Waals surface area contributed by atoms with Crippen molar-refractivity contribution in [2.75, 3.05) is 6.61 Å². The molecular formula is C22H23N3O3. The number of nitrogens with two attached hydrogens (primary N) is 1. The molecule has 1 aliphatic rings. The molecule has 1 aliphatic heterocycles. The number of primary amides is 1. The number of hydrogen-bond acceptors (Lipinski definition) is 4. The Kier molecular flexibility index (Phi) is 4.55. The molecule has 4 rings (SSSR count). The highest BCUT2D eigenvalue weighted by molar-refractivity contribution is 5.67. The second-order valence-corrected chi connectivity index (χ2v) is 7.76. The van der Waals surface area contributed by atoms with Crippen molar-refractivity contribution in [3.63, 3.8) is 0 Å². The molecular weight excluding hydrogens is 354 g/mol. The monoisotopic (exact) mass is 377 g/mol. The molecule has 6 heteroatoms. The van der Waals surface area contributed by atoms with Crippen LogP contribution in [0.5, 0.6) is 5.75 Å². The number of nitrogens with zero attached hydrogens (tertiary/aromatic N) is 2. The minimum atomic E-state index is -0.780. The van der Waals surface area contributed by atoms with Crippen molar-refractivity contribution in [2.45, 2.75) is 26.5 Å². The second kappa shape index (κ2) is 7.03. The molecule has 0 saturated heterocycles. The lowest BCUT2D eigenvalue weighted by Gasteiger charge is -2.38. The number of carbonyl (C=O) groups is 1. The van der Waals surface area contributed by atoms with Gasteiger partial charge < -0.3 is 15.2 Å². The Morgan fingerprint density at radius 1 is 1.25 bits per heavy atom. The molecule has 2 heterocycles. The molecule has 1 unspecified atom stereocenters. The zero-order valence-electron chi connectivity index (χ0n) is 16.0. The predicted molar refractivity (Wildman–Crippen MR) is 106 cm³/mol. The van der Waals surface area contributed by atoms with E-state index in [1.165, 1.54) is 5.56 Å². The molecule has 0 bridgehead atoms. The van der Waals surface area contributed by atoms with E-state index in [1.807, 2.05) is 67.3 Å². The fraction of sp³-hybridized carbons (Fsp3) is 0.273. The predicted octanol–water partition coefficient (Wildman–Crippen LogP) is 4.15. The van der Waals surface area contributed by atoms with Crippen LogP contribution in [0.2, 0.25) is 0 Å². The Labute approximate surface area is 163 Å². The Hall–Kier alpha value is -3.28. The average molecular weight is 377 g/mol. The van der Waals surface area contributed by atoms with Crippen molar-refractivity contribution in [3.8, 4) is 16.9 Å². The summed E-state index contributed by atoms with van der Waals surface area (Å²) in [6.45, 7) is 5.13. The molecule has 0 spiro atoms. The van der Waals surface area contributed by atoms with Gasteiger partial charge in [-0.3, -0.25) is 4.68 Å². The molecule has 28 heavy (non-hydrogen) atoms. The number of carbonyl (C=O) groups excluding carboxylic acids is 1. The van der Waals surface area contributed by atoms with E-state index in [0.29, 0.717) is 18.9 Å². The maximum Gasteiger partial charge on any atom is 0.405 e. The van der Waals surface area contributed by atoms with Crippen LogP contribution in [0.15, 0.2) is 60.9 Å². The highest BCUT2D eigenvalue weighted by atomic mass is 16.6. The van der Waals surface area contributed by atoms with Crippen molar-refractivity contribution < 1.29 is 14.3 Å². The van der Waals surface area contributed by atoms with Gasteiger partial charge in [-0.15, -0.1) is 0 Å². The first-order valence-electron chi connectivity index (χ1n) is 9.22. The summed E-state index contributed by atoms with van der Waals surface area (Å²) in [5.41, 5.74) is 8.94. The maximum absolute atomic E-state index is 11.4. The first-order chi connectivity index (χ1) is 13.4. The third-order valence-electron chi connectivity index (χ3n) is 4.99. The molecule has 1 atom stereocenters. The van der Waals surface area contributed by atoms with Crippen LogP contribution in [0, 0.1) is 5.41 Å². The summed E-state index contributed by atoms with van der Waals surface area (Å²) in [6.07, 6.45) is 2.63. The third-order valence-corrected chi connectivity index (χ3v) is 4.99. The van der Waals surface area contributed by atoms with Gasteiger partial charge in [0, 0.05) is 22.7 Å². The van der Waals surface area contributed by atoms with Gasteiger partial charge in [0.25, 0.3) is 0 Å². The summed E-state index contributed by atoms with van der Waals surface area (Å²) >= 11 is 0. The number of fused-ring (bicyclic) bond motifs is 1. The summed E-state index contributed by atoms with van der Waals surface area (Å²) in [7, 11) is 0. The van der Waals surface area contributed by atoms with Crippen LogP contribution in [-0.2, 0) is 11.3 Å². The minimum absolute atomic E-state index is 0.357. The number of aromatic nitrogens is 2. The molecule has 1 amide bonds. The quantitative estimate of drug-likeness (QED) is 0.741. The van der Waals surface area contributed by atoms with Gasteiger partial charge in [0.1, 0.15) is 11.9 Å². The summed E-state index contributed by atoms with van der Waals surface area (Å²) in [5.74, 6) is 0.707. The highest BCUT2D eigenvalue weighted by Crippen LogP contribution is 2.46. The fourth-order valence-corrected chi connectivity index (χ4v) is 3.52. The van der Waals surface area contributed by atoms with Gasteiger partial charge in [-0.2, -0.15) is 5.10 Å². The van der Waals surface area contributed by atoms with Gasteiger partial charge >= 0.3 is 6.09 Å². The van der Waals surface area contributed by atoms with E-state index in [-0.39, 0.29) is 5.41 Å². The van der Waals surface area contributed by atoms with Crippen LogP contribution >= 0.6 is 0 Å². The lowest BCUT2D eigenvalue weighted by atomic mass is 9.80. The molecule has 0 saturated carbocycles. The van der Waals surface area contributed by atoms with Crippen LogP contribution in [0.1, 0.15) is 31.1 Å². The highest BCUT2D eigenvalue weighted by Gasteiger charge is 2.40. The number of benzene rings is 2. The lowest BCUT2D eigenvalue weighted by Crippen LogP contribution is -2.37. The van der Waals surface area contributed by atoms with Crippen LogP contribution in [0.4, 0.5) is 4.79 Å². The van der Waals surface area contributed by atoms with Crippen molar-refractivity contribution in [1.29, 1.82) is 0 Å². The Morgan fingerprint density at radius 3 is 2.79 bits per heavy atom. The summed E-state index contributed by atoms with van der Waals surface area (Å²) in [6, 6.07) is 16.1. The lowest BCUT2D eigenvalue weighted by molar-refractivity contribution is -0.0176. The van der Waals surface area contributed by atoms with E-state index in [9.17, 15) is 4.79 Å². The Bertz CT molecular complexity index is 995. The van der Waals surface area contributed by atoms with Crippen molar-refractivity contribution in [2.24, 2.45) is 11.1 Å².